The maximum atomic E-state index is 11.9. The summed E-state index contributed by atoms with van der Waals surface area (Å²) in [5.74, 6) is 0.583. The van der Waals surface area contributed by atoms with Gasteiger partial charge in [-0.05, 0) is 44.2 Å². The number of amides is 1. The number of nitrogens with one attached hydrogen (secondary N) is 1. The Labute approximate surface area is 139 Å². The molecule has 0 radical (unpaired) electrons. The van der Waals surface area contributed by atoms with Gasteiger partial charge in [-0.25, -0.2) is 10.4 Å². The topological polar surface area (TPSA) is 72.2 Å². The zero-order chi connectivity index (χ0) is 16.9. The van der Waals surface area contributed by atoms with Gasteiger partial charge in [-0.2, -0.15) is 5.10 Å². The Hall–Kier alpha value is -3.28. The van der Waals surface area contributed by atoms with Crippen LogP contribution in [0.25, 0.3) is 5.82 Å². The highest BCUT2D eigenvalue weighted by atomic mass is 16.2. The summed E-state index contributed by atoms with van der Waals surface area (Å²) in [4.78, 5) is 20.2. The molecule has 6 heteroatoms. The third kappa shape index (κ3) is 3.22. The second-order valence-corrected chi connectivity index (χ2v) is 5.28. The van der Waals surface area contributed by atoms with E-state index in [1.54, 1.807) is 36.9 Å². The van der Waals surface area contributed by atoms with E-state index in [1.165, 1.54) is 0 Å². The van der Waals surface area contributed by atoms with Crippen molar-refractivity contribution in [3.05, 3.63) is 77.5 Å². The van der Waals surface area contributed by atoms with E-state index in [2.05, 4.69) is 20.5 Å². The molecule has 3 aromatic heterocycles. The van der Waals surface area contributed by atoms with E-state index in [9.17, 15) is 4.79 Å². The van der Waals surface area contributed by atoms with E-state index >= 15 is 0 Å². The number of rotatable bonds is 4. The van der Waals surface area contributed by atoms with Crippen molar-refractivity contribution in [3.63, 3.8) is 0 Å². The van der Waals surface area contributed by atoms with Gasteiger partial charge in [0, 0.05) is 41.1 Å². The lowest BCUT2D eigenvalue weighted by Gasteiger charge is -2.07. The number of hydrogen-bond donors (Lipinski definition) is 1. The van der Waals surface area contributed by atoms with E-state index in [0.717, 1.165) is 22.8 Å². The van der Waals surface area contributed by atoms with E-state index in [-0.39, 0.29) is 5.91 Å². The summed E-state index contributed by atoms with van der Waals surface area (Å²) in [7, 11) is 0. The van der Waals surface area contributed by atoms with Gasteiger partial charge in [-0.15, -0.1) is 0 Å². The SMILES string of the molecule is Cc1cc(/C=N\NC(=O)c2ccncc2)c(C)n1-c1ccccn1. The molecule has 0 aliphatic heterocycles. The van der Waals surface area contributed by atoms with Crippen molar-refractivity contribution in [2.45, 2.75) is 13.8 Å². The number of pyridine rings is 2. The van der Waals surface area contributed by atoms with Crippen LogP contribution in [0.15, 0.2) is 60.1 Å². The average molecular weight is 319 g/mol. The first-order chi connectivity index (χ1) is 11.7. The van der Waals surface area contributed by atoms with Gasteiger partial charge in [0.1, 0.15) is 5.82 Å². The maximum absolute atomic E-state index is 11.9. The van der Waals surface area contributed by atoms with Crippen molar-refractivity contribution in [1.82, 2.24) is 20.0 Å². The first-order valence-electron chi connectivity index (χ1n) is 7.50. The number of hydrogen-bond acceptors (Lipinski definition) is 4. The summed E-state index contributed by atoms with van der Waals surface area (Å²) in [6.45, 7) is 4.00. The van der Waals surface area contributed by atoms with Crippen LogP contribution < -0.4 is 5.43 Å². The fraction of sp³-hybridized carbons (Fsp3) is 0.111. The quantitative estimate of drug-likeness (QED) is 0.593. The highest BCUT2D eigenvalue weighted by Gasteiger charge is 2.10. The molecule has 3 rings (SSSR count). The first-order valence-corrected chi connectivity index (χ1v) is 7.50. The van der Waals surface area contributed by atoms with Crippen molar-refractivity contribution in [1.29, 1.82) is 0 Å². The lowest BCUT2D eigenvalue weighted by Crippen LogP contribution is -2.17. The largest absolute Gasteiger partial charge is 0.303 e. The molecule has 0 saturated heterocycles. The van der Waals surface area contributed by atoms with Crippen LogP contribution >= 0.6 is 0 Å². The Balaban J connectivity index is 1.78. The minimum atomic E-state index is -0.271. The highest BCUT2D eigenvalue weighted by Crippen LogP contribution is 2.17. The zero-order valence-electron chi connectivity index (χ0n) is 13.5. The van der Waals surface area contributed by atoms with Crippen molar-refractivity contribution < 1.29 is 4.79 Å². The Morgan fingerprint density at radius 2 is 1.96 bits per heavy atom. The predicted molar refractivity (Wildman–Crippen MR) is 92.3 cm³/mol. The molecule has 0 unspecified atom stereocenters. The molecule has 3 heterocycles. The summed E-state index contributed by atoms with van der Waals surface area (Å²) < 4.78 is 2.05. The number of nitrogens with zero attached hydrogens (tertiary/aromatic N) is 4. The number of aromatic nitrogens is 3. The Bertz CT molecular complexity index is 869. The smallest absolute Gasteiger partial charge is 0.271 e. The van der Waals surface area contributed by atoms with Gasteiger partial charge in [0.05, 0.1) is 6.21 Å². The van der Waals surface area contributed by atoms with Gasteiger partial charge in [-0.3, -0.25) is 9.78 Å². The van der Waals surface area contributed by atoms with Crippen LogP contribution in [0, 0.1) is 13.8 Å². The molecule has 120 valence electrons. The summed E-state index contributed by atoms with van der Waals surface area (Å²) in [5, 5.41) is 4.05. The maximum Gasteiger partial charge on any atom is 0.271 e. The molecular weight excluding hydrogens is 302 g/mol. The van der Waals surface area contributed by atoms with Gasteiger partial charge in [0.15, 0.2) is 0 Å². The molecule has 6 nitrogen and oxygen atoms in total. The van der Waals surface area contributed by atoms with Gasteiger partial charge in [0.2, 0.25) is 0 Å². The van der Waals surface area contributed by atoms with E-state index in [4.69, 9.17) is 0 Å². The Morgan fingerprint density at radius 1 is 1.17 bits per heavy atom. The van der Waals surface area contributed by atoms with Gasteiger partial charge < -0.3 is 4.57 Å². The zero-order valence-corrected chi connectivity index (χ0v) is 13.5. The third-order valence-corrected chi connectivity index (χ3v) is 3.66. The van der Waals surface area contributed by atoms with Crippen LogP contribution in [-0.4, -0.2) is 26.7 Å². The number of carbonyl (C=O) groups is 1. The van der Waals surface area contributed by atoms with Crippen LogP contribution in [0.5, 0.6) is 0 Å². The monoisotopic (exact) mass is 319 g/mol. The average Bonchev–Trinajstić information content (AvgIpc) is 2.90. The number of hydrazone groups is 1. The molecule has 0 bridgehead atoms. The molecule has 3 aromatic rings. The molecule has 0 spiro atoms. The molecule has 0 saturated carbocycles. The van der Waals surface area contributed by atoms with Crippen LogP contribution in [0.4, 0.5) is 0 Å². The fourth-order valence-electron chi connectivity index (χ4n) is 2.49. The molecule has 0 fully saturated rings. The fourth-order valence-corrected chi connectivity index (χ4v) is 2.49. The summed E-state index contributed by atoms with van der Waals surface area (Å²) in [5.41, 5.74) is 6.02. The third-order valence-electron chi connectivity index (χ3n) is 3.66. The van der Waals surface area contributed by atoms with Crippen molar-refractivity contribution in [2.75, 3.05) is 0 Å². The minimum absolute atomic E-state index is 0.271. The van der Waals surface area contributed by atoms with Gasteiger partial charge >= 0.3 is 0 Å². The lowest BCUT2D eigenvalue weighted by molar-refractivity contribution is 0.0955. The summed E-state index contributed by atoms with van der Waals surface area (Å²) in [6.07, 6.45) is 6.54. The second-order valence-electron chi connectivity index (χ2n) is 5.28. The Morgan fingerprint density at radius 3 is 2.67 bits per heavy atom. The van der Waals surface area contributed by atoms with Crippen molar-refractivity contribution in [3.8, 4) is 5.82 Å². The number of aryl methyl sites for hydroxylation is 1. The van der Waals surface area contributed by atoms with E-state index < -0.39 is 0 Å². The first kappa shape index (κ1) is 15.6. The summed E-state index contributed by atoms with van der Waals surface area (Å²) in [6, 6.07) is 11.1. The number of carbonyl (C=O) groups excluding carboxylic acids is 1. The molecular formula is C18H17N5O. The van der Waals surface area contributed by atoms with Crippen LogP contribution in [0.2, 0.25) is 0 Å². The molecule has 0 aromatic carbocycles. The molecule has 24 heavy (non-hydrogen) atoms. The van der Waals surface area contributed by atoms with Crippen LogP contribution in [0.3, 0.4) is 0 Å². The standard InChI is InChI=1S/C18H17N5O/c1-13-11-16(14(2)23(13)17-5-3-4-8-20-17)12-21-22-18(24)15-6-9-19-10-7-15/h3-12H,1-2H3,(H,22,24)/b21-12-. The van der Waals surface area contributed by atoms with Crippen LogP contribution in [0.1, 0.15) is 27.3 Å². The predicted octanol–water partition coefficient (Wildman–Crippen LogP) is 2.65. The molecule has 0 aliphatic carbocycles. The lowest BCUT2D eigenvalue weighted by atomic mass is 10.2. The second kappa shape index (κ2) is 6.87. The highest BCUT2D eigenvalue weighted by molar-refractivity contribution is 5.94. The van der Waals surface area contributed by atoms with Crippen molar-refractivity contribution in [2.24, 2.45) is 5.10 Å². The van der Waals surface area contributed by atoms with Crippen LogP contribution in [-0.2, 0) is 0 Å². The molecule has 1 N–H and O–H groups in total. The summed E-state index contributed by atoms with van der Waals surface area (Å²) >= 11 is 0. The van der Waals surface area contributed by atoms with E-state index in [0.29, 0.717) is 5.56 Å². The Kier molecular flexibility index (Phi) is 4.47. The van der Waals surface area contributed by atoms with Gasteiger partial charge in [0.25, 0.3) is 5.91 Å². The normalized spacial score (nSPS) is 10.9. The molecule has 1 amide bonds. The molecule has 0 atom stereocenters. The van der Waals surface area contributed by atoms with E-state index in [1.807, 2.05) is 42.7 Å². The van der Waals surface area contributed by atoms with Crippen molar-refractivity contribution >= 4 is 12.1 Å². The van der Waals surface area contributed by atoms with Gasteiger partial charge in [-0.1, -0.05) is 6.07 Å². The minimum Gasteiger partial charge on any atom is -0.303 e. The molecule has 0 aliphatic rings.